The highest BCUT2D eigenvalue weighted by molar-refractivity contribution is 7.92. The Hall–Kier alpha value is -1.82. The summed E-state index contributed by atoms with van der Waals surface area (Å²) in [6.45, 7) is 1.91. The maximum absolute atomic E-state index is 12.1. The van der Waals surface area contributed by atoms with Crippen molar-refractivity contribution in [3.8, 4) is 0 Å². The normalized spacial score (nSPS) is 11.2. The third-order valence-electron chi connectivity index (χ3n) is 2.46. The van der Waals surface area contributed by atoms with Crippen molar-refractivity contribution in [3.05, 3.63) is 48.3 Å². The summed E-state index contributed by atoms with van der Waals surface area (Å²) in [6, 6.07) is 8.44. The average molecular weight is 260 g/mol. The summed E-state index contributed by atoms with van der Waals surface area (Å²) >= 11 is 0. The van der Waals surface area contributed by atoms with E-state index in [1.165, 1.54) is 6.20 Å². The third-order valence-corrected chi connectivity index (χ3v) is 3.86. The molecule has 0 fully saturated rings. The maximum Gasteiger partial charge on any atom is 0.261 e. The van der Waals surface area contributed by atoms with Crippen LogP contribution in [0.3, 0.4) is 0 Å². The molecule has 1 heterocycles. The van der Waals surface area contributed by atoms with E-state index in [9.17, 15) is 8.42 Å². The summed E-state index contributed by atoms with van der Waals surface area (Å²) in [7, 11) is -1.68. The van der Waals surface area contributed by atoms with Gasteiger partial charge in [0, 0.05) is 6.20 Å². The molecule has 4 nitrogen and oxygen atoms in total. The summed E-state index contributed by atoms with van der Waals surface area (Å²) in [4.78, 5) is 4.19. The molecule has 0 radical (unpaired) electrons. The lowest BCUT2D eigenvalue weighted by Crippen LogP contribution is -2.15. The van der Waals surface area contributed by atoms with Crippen LogP contribution in [0.1, 0.15) is 5.56 Å². The van der Waals surface area contributed by atoms with Crippen LogP contribution in [0.15, 0.2) is 47.6 Å². The highest BCUT2D eigenvalue weighted by atomic mass is 32.2. The van der Waals surface area contributed by atoms with Crippen molar-refractivity contribution in [1.82, 2.24) is 4.98 Å². The van der Waals surface area contributed by atoms with Crippen LogP contribution >= 0.6 is 0 Å². The lowest BCUT2D eigenvalue weighted by Gasteiger charge is -2.08. The number of hydrogen-bond donors (Lipinski definition) is 1. The number of nitrogens with zero attached hydrogens (tertiary/aromatic N) is 1. The van der Waals surface area contributed by atoms with Gasteiger partial charge in [-0.1, -0.05) is 23.2 Å². The predicted molar refractivity (Wildman–Crippen MR) is 74.4 cm³/mol. The van der Waals surface area contributed by atoms with Gasteiger partial charge in [0.2, 0.25) is 0 Å². The van der Waals surface area contributed by atoms with Gasteiger partial charge >= 0.3 is 0 Å². The second-order valence-electron chi connectivity index (χ2n) is 4.17. The monoisotopic (exact) mass is 260 g/mol. The minimum atomic E-state index is -3.54. The molecule has 0 unspecified atom stereocenters. The molecule has 0 saturated heterocycles. The molecule has 0 bridgehead atoms. The van der Waals surface area contributed by atoms with E-state index >= 15 is 0 Å². The van der Waals surface area contributed by atoms with Gasteiger partial charge in [0.05, 0.1) is 16.8 Å². The largest absolute Gasteiger partial charge is 0.278 e. The SMILES string of the molecule is Bc1cncc(NS(=O)(=O)c2ccc(C)cc2)c1. The molecule has 0 spiro atoms. The Kier molecular flexibility index (Phi) is 3.38. The molecule has 92 valence electrons. The number of benzene rings is 1. The summed E-state index contributed by atoms with van der Waals surface area (Å²) in [5.41, 5.74) is 2.39. The van der Waals surface area contributed by atoms with Gasteiger partial charge in [0.1, 0.15) is 7.85 Å². The molecule has 0 saturated carbocycles. The van der Waals surface area contributed by atoms with E-state index in [1.54, 1.807) is 36.5 Å². The van der Waals surface area contributed by atoms with E-state index in [2.05, 4.69) is 9.71 Å². The number of aryl methyl sites for hydroxylation is 1. The summed E-state index contributed by atoms with van der Waals surface area (Å²) < 4.78 is 26.7. The smallest absolute Gasteiger partial charge is 0.261 e. The number of sulfonamides is 1. The van der Waals surface area contributed by atoms with Crippen molar-refractivity contribution in [2.75, 3.05) is 4.72 Å². The maximum atomic E-state index is 12.1. The minimum Gasteiger partial charge on any atom is -0.278 e. The van der Waals surface area contributed by atoms with Crippen molar-refractivity contribution in [3.63, 3.8) is 0 Å². The highest BCUT2D eigenvalue weighted by Crippen LogP contribution is 2.14. The van der Waals surface area contributed by atoms with Crippen LogP contribution in [0.25, 0.3) is 0 Å². The third kappa shape index (κ3) is 2.90. The molecular formula is C12H13BN2O2S. The standard InChI is InChI=1S/C12H13BN2O2S/c1-9-2-4-12(5-3-9)18(16,17)15-11-6-10(13)7-14-8-11/h2-8,15H,13H2,1H3. The number of hydrogen-bond acceptors (Lipinski definition) is 3. The predicted octanol–water partition coefficient (Wildman–Crippen LogP) is 0.449. The topological polar surface area (TPSA) is 59.1 Å². The molecule has 1 aromatic heterocycles. The van der Waals surface area contributed by atoms with Gasteiger partial charge in [0.15, 0.2) is 0 Å². The zero-order chi connectivity index (χ0) is 13.2. The molecule has 0 aliphatic rings. The van der Waals surface area contributed by atoms with Gasteiger partial charge in [-0.05, 0) is 25.1 Å². The van der Waals surface area contributed by atoms with E-state index in [-0.39, 0.29) is 4.90 Å². The molecule has 2 rings (SSSR count). The van der Waals surface area contributed by atoms with Crippen LogP contribution < -0.4 is 10.2 Å². The number of aromatic nitrogens is 1. The Labute approximate surface area is 108 Å². The van der Waals surface area contributed by atoms with Crippen molar-refractivity contribution in [2.24, 2.45) is 0 Å². The Morgan fingerprint density at radius 3 is 2.44 bits per heavy atom. The fraction of sp³-hybridized carbons (Fsp3) is 0.0833. The van der Waals surface area contributed by atoms with Crippen molar-refractivity contribution in [1.29, 1.82) is 0 Å². The minimum absolute atomic E-state index is 0.245. The molecule has 1 aromatic carbocycles. The van der Waals surface area contributed by atoms with Crippen molar-refractivity contribution < 1.29 is 8.42 Å². The first-order valence-electron chi connectivity index (χ1n) is 5.48. The lowest BCUT2D eigenvalue weighted by molar-refractivity contribution is 0.601. The molecule has 6 heteroatoms. The zero-order valence-corrected chi connectivity index (χ0v) is 11.0. The molecular weight excluding hydrogens is 247 g/mol. The first-order chi connectivity index (χ1) is 8.47. The van der Waals surface area contributed by atoms with Gasteiger partial charge in [-0.2, -0.15) is 0 Å². The van der Waals surface area contributed by atoms with Crippen LogP contribution in [0.4, 0.5) is 5.69 Å². The second-order valence-corrected chi connectivity index (χ2v) is 5.85. The van der Waals surface area contributed by atoms with Crippen LogP contribution in [0, 0.1) is 6.92 Å². The van der Waals surface area contributed by atoms with Crippen LogP contribution in [-0.2, 0) is 10.0 Å². The zero-order valence-electron chi connectivity index (χ0n) is 10.2. The van der Waals surface area contributed by atoms with E-state index in [4.69, 9.17) is 0 Å². The van der Waals surface area contributed by atoms with Crippen LogP contribution in [-0.4, -0.2) is 21.2 Å². The Morgan fingerprint density at radius 1 is 1.17 bits per heavy atom. The van der Waals surface area contributed by atoms with E-state index in [0.29, 0.717) is 5.69 Å². The second kappa shape index (κ2) is 4.82. The Balaban J connectivity index is 2.30. The van der Waals surface area contributed by atoms with Gasteiger partial charge in [-0.3, -0.25) is 9.71 Å². The van der Waals surface area contributed by atoms with Crippen molar-refractivity contribution >= 4 is 29.0 Å². The quantitative estimate of drug-likeness (QED) is 0.815. The van der Waals surface area contributed by atoms with Crippen LogP contribution in [0.2, 0.25) is 0 Å². The lowest BCUT2D eigenvalue weighted by atomic mass is 9.99. The summed E-state index contributed by atoms with van der Waals surface area (Å²) in [5, 5.41) is 0. The summed E-state index contributed by atoms with van der Waals surface area (Å²) in [5.74, 6) is 0. The molecule has 1 N–H and O–H groups in total. The number of rotatable bonds is 3. The first-order valence-corrected chi connectivity index (χ1v) is 6.97. The fourth-order valence-corrected chi connectivity index (χ4v) is 2.58. The fourth-order valence-electron chi connectivity index (χ4n) is 1.54. The number of nitrogens with one attached hydrogen (secondary N) is 1. The van der Waals surface area contributed by atoms with Gasteiger partial charge in [-0.25, -0.2) is 8.42 Å². The highest BCUT2D eigenvalue weighted by Gasteiger charge is 2.13. The van der Waals surface area contributed by atoms with Crippen molar-refractivity contribution in [2.45, 2.75) is 11.8 Å². The molecule has 0 atom stereocenters. The van der Waals surface area contributed by atoms with E-state index in [0.717, 1.165) is 11.0 Å². The molecule has 18 heavy (non-hydrogen) atoms. The Morgan fingerprint density at radius 2 is 1.83 bits per heavy atom. The molecule has 2 aromatic rings. The number of anilines is 1. The van der Waals surface area contributed by atoms with Crippen LogP contribution in [0.5, 0.6) is 0 Å². The van der Waals surface area contributed by atoms with Gasteiger partial charge in [-0.15, -0.1) is 0 Å². The molecule has 0 aliphatic heterocycles. The summed E-state index contributed by atoms with van der Waals surface area (Å²) in [6.07, 6.45) is 3.16. The first kappa shape index (κ1) is 12.6. The Bertz CT molecular complexity index is 654. The molecule has 0 aliphatic carbocycles. The van der Waals surface area contributed by atoms with E-state index < -0.39 is 10.0 Å². The number of pyridine rings is 1. The molecule has 0 amide bonds. The average Bonchev–Trinajstić information content (AvgIpc) is 2.29. The van der Waals surface area contributed by atoms with Gasteiger partial charge < -0.3 is 0 Å². The van der Waals surface area contributed by atoms with Gasteiger partial charge in [0.25, 0.3) is 10.0 Å². The van der Waals surface area contributed by atoms with E-state index in [1.807, 2.05) is 14.8 Å².